The van der Waals surface area contributed by atoms with Crippen molar-refractivity contribution >= 4 is 15.9 Å². The van der Waals surface area contributed by atoms with Crippen molar-refractivity contribution in [1.82, 2.24) is 5.32 Å². The molecule has 1 aromatic rings. The van der Waals surface area contributed by atoms with Gasteiger partial charge in [-0.3, -0.25) is 0 Å². The first-order chi connectivity index (χ1) is 7.26. The summed E-state index contributed by atoms with van der Waals surface area (Å²) in [6.07, 6.45) is 1.14. The lowest BCUT2D eigenvalue weighted by Crippen LogP contribution is -2.25. The van der Waals surface area contributed by atoms with Crippen LogP contribution in [0.15, 0.2) is 24.3 Å². The maximum atomic E-state index is 5.17. The second kappa shape index (κ2) is 6.85. The fourth-order valence-electron chi connectivity index (χ4n) is 1.34. The van der Waals surface area contributed by atoms with E-state index in [1.54, 1.807) is 7.11 Å². The first-order valence-electron chi connectivity index (χ1n) is 5.18. The van der Waals surface area contributed by atoms with Gasteiger partial charge in [0, 0.05) is 17.9 Å². The van der Waals surface area contributed by atoms with E-state index in [4.69, 9.17) is 4.74 Å². The molecule has 0 aliphatic heterocycles. The zero-order valence-corrected chi connectivity index (χ0v) is 10.9. The smallest absolute Gasteiger partial charge is 0.119 e. The molecule has 0 spiro atoms. The fourth-order valence-corrected chi connectivity index (χ4v) is 2.03. The Bertz CT molecular complexity index is 291. The molecule has 15 heavy (non-hydrogen) atoms. The summed E-state index contributed by atoms with van der Waals surface area (Å²) in [4.78, 5) is 0. The largest absolute Gasteiger partial charge is 0.497 e. The third-order valence-electron chi connectivity index (χ3n) is 2.33. The molecule has 0 bridgehead atoms. The predicted molar refractivity (Wildman–Crippen MR) is 67.7 cm³/mol. The Morgan fingerprint density at radius 2 is 2.27 bits per heavy atom. The lowest BCUT2D eigenvalue weighted by Gasteiger charge is -2.12. The van der Waals surface area contributed by atoms with Crippen LogP contribution in [0, 0.1) is 0 Å². The summed E-state index contributed by atoms with van der Waals surface area (Å²) in [5.74, 6) is 0.919. The van der Waals surface area contributed by atoms with Gasteiger partial charge in [0.05, 0.1) is 7.11 Å². The molecule has 1 unspecified atom stereocenters. The highest BCUT2D eigenvalue weighted by Crippen LogP contribution is 2.12. The first-order valence-corrected chi connectivity index (χ1v) is 6.30. The van der Waals surface area contributed by atoms with Crippen molar-refractivity contribution < 1.29 is 4.74 Å². The number of halogens is 1. The normalized spacial score (nSPS) is 12.5. The Labute approximate surface area is 100 Å². The summed E-state index contributed by atoms with van der Waals surface area (Å²) in [7, 11) is 1.69. The average molecular weight is 272 g/mol. The van der Waals surface area contributed by atoms with E-state index in [2.05, 4.69) is 40.3 Å². The van der Waals surface area contributed by atoms with Crippen LogP contribution in [0.2, 0.25) is 0 Å². The van der Waals surface area contributed by atoms with Gasteiger partial charge >= 0.3 is 0 Å². The molecule has 0 amide bonds. The molecule has 1 N–H and O–H groups in total. The van der Waals surface area contributed by atoms with E-state index in [9.17, 15) is 0 Å². The third-order valence-corrected chi connectivity index (χ3v) is 2.79. The molecular formula is C12H18BrNO. The summed E-state index contributed by atoms with van der Waals surface area (Å²) < 4.78 is 5.17. The number of benzene rings is 1. The molecule has 1 rings (SSSR count). The molecule has 0 aromatic heterocycles. The van der Waals surface area contributed by atoms with Crippen LogP contribution in [0.25, 0.3) is 0 Å². The number of nitrogens with one attached hydrogen (secondary N) is 1. The van der Waals surface area contributed by atoms with Gasteiger partial charge in [-0.25, -0.2) is 0 Å². The number of methoxy groups -OCH3 is 1. The first kappa shape index (κ1) is 12.5. The number of hydrogen-bond acceptors (Lipinski definition) is 2. The summed E-state index contributed by atoms with van der Waals surface area (Å²) in [5.41, 5.74) is 1.26. The van der Waals surface area contributed by atoms with Crippen molar-refractivity contribution in [1.29, 1.82) is 0 Å². The van der Waals surface area contributed by atoms with E-state index in [0.717, 1.165) is 24.0 Å². The van der Waals surface area contributed by atoms with E-state index < -0.39 is 0 Å². The zero-order chi connectivity index (χ0) is 11.1. The minimum atomic E-state index is 0.538. The van der Waals surface area contributed by atoms with Crippen molar-refractivity contribution in [3.05, 3.63) is 29.8 Å². The Hall–Kier alpha value is -0.540. The molecule has 0 heterocycles. The zero-order valence-electron chi connectivity index (χ0n) is 9.29. The minimum absolute atomic E-state index is 0.538. The molecule has 84 valence electrons. The molecule has 1 aromatic carbocycles. The van der Waals surface area contributed by atoms with E-state index in [1.807, 2.05) is 12.1 Å². The highest BCUT2D eigenvalue weighted by Gasteiger charge is 2.00. The van der Waals surface area contributed by atoms with Gasteiger partial charge in [0.15, 0.2) is 0 Å². The minimum Gasteiger partial charge on any atom is -0.497 e. The quantitative estimate of drug-likeness (QED) is 0.804. The van der Waals surface area contributed by atoms with Crippen LogP contribution in [0.1, 0.15) is 18.9 Å². The Morgan fingerprint density at radius 3 is 2.93 bits per heavy atom. The monoisotopic (exact) mass is 271 g/mol. The van der Waals surface area contributed by atoms with Crippen LogP contribution in [-0.4, -0.2) is 18.5 Å². The van der Waals surface area contributed by atoms with Crippen LogP contribution in [-0.2, 0) is 6.54 Å². The summed E-state index contributed by atoms with van der Waals surface area (Å²) >= 11 is 3.44. The molecule has 3 heteroatoms. The van der Waals surface area contributed by atoms with Gasteiger partial charge < -0.3 is 10.1 Å². The van der Waals surface area contributed by atoms with Crippen LogP contribution in [0.5, 0.6) is 5.75 Å². The van der Waals surface area contributed by atoms with Crippen LogP contribution in [0.4, 0.5) is 0 Å². The van der Waals surface area contributed by atoms with Gasteiger partial charge in [-0.1, -0.05) is 28.1 Å². The van der Waals surface area contributed by atoms with Gasteiger partial charge in [-0.15, -0.1) is 0 Å². The topological polar surface area (TPSA) is 21.3 Å². The van der Waals surface area contributed by atoms with Gasteiger partial charge in [-0.05, 0) is 31.0 Å². The highest BCUT2D eigenvalue weighted by molar-refractivity contribution is 9.09. The Balaban J connectivity index is 2.43. The number of hydrogen-bond donors (Lipinski definition) is 1. The number of ether oxygens (including phenoxy) is 1. The molecule has 0 fully saturated rings. The maximum Gasteiger partial charge on any atom is 0.119 e. The summed E-state index contributed by atoms with van der Waals surface area (Å²) in [6, 6.07) is 8.69. The van der Waals surface area contributed by atoms with Gasteiger partial charge in [-0.2, -0.15) is 0 Å². The third kappa shape index (κ3) is 4.67. The Morgan fingerprint density at radius 1 is 1.47 bits per heavy atom. The summed E-state index contributed by atoms with van der Waals surface area (Å²) in [5, 5.41) is 4.51. The lowest BCUT2D eigenvalue weighted by molar-refractivity contribution is 0.413. The van der Waals surface area contributed by atoms with E-state index in [0.29, 0.717) is 6.04 Å². The van der Waals surface area contributed by atoms with E-state index >= 15 is 0 Å². The van der Waals surface area contributed by atoms with Crippen molar-refractivity contribution in [2.45, 2.75) is 25.9 Å². The maximum absolute atomic E-state index is 5.17. The Kier molecular flexibility index (Phi) is 5.73. The molecular weight excluding hydrogens is 254 g/mol. The number of alkyl halides is 1. The second-order valence-electron chi connectivity index (χ2n) is 3.61. The van der Waals surface area contributed by atoms with E-state index in [-0.39, 0.29) is 0 Å². The van der Waals surface area contributed by atoms with Crippen LogP contribution >= 0.6 is 15.9 Å². The van der Waals surface area contributed by atoms with Crippen molar-refractivity contribution in [3.63, 3.8) is 0 Å². The molecule has 0 aliphatic rings. The predicted octanol–water partition coefficient (Wildman–Crippen LogP) is 2.96. The molecule has 0 saturated carbocycles. The second-order valence-corrected chi connectivity index (χ2v) is 4.40. The van der Waals surface area contributed by atoms with Crippen molar-refractivity contribution in [2.24, 2.45) is 0 Å². The molecule has 1 atom stereocenters. The van der Waals surface area contributed by atoms with Gasteiger partial charge in [0.1, 0.15) is 5.75 Å². The van der Waals surface area contributed by atoms with Crippen molar-refractivity contribution in [2.75, 3.05) is 12.4 Å². The molecule has 2 nitrogen and oxygen atoms in total. The van der Waals surface area contributed by atoms with Crippen LogP contribution < -0.4 is 10.1 Å². The standard InChI is InChI=1S/C12H18BrNO/c1-10(6-7-13)14-9-11-4-3-5-12(8-11)15-2/h3-5,8,10,14H,6-7,9H2,1-2H3. The van der Waals surface area contributed by atoms with Crippen molar-refractivity contribution in [3.8, 4) is 5.75 Å². The highest BCUT2D eigenvalue weighted by atomic mass is 79.9. The van der Waals surface area contributed by atoms with Crippen LogP contribution in [0.3, 0.4) is 0 Å². The molecule has 0 saturated heterocycles. The lowest BCUT2D eigenvalue weighted by atomic mass is 10.2. The molecule has 0 radical (unpaired) electrons. The summed E-state index contributed by atoms with van der Waals surface area (Å²) in [6.45, 7) is 3.09. The average Bonchev–Trinajstić information content (AvgIpc) is 2.27. The van der Waals surface area contributed by atoms with Gasteiger partial charge in [0.2, 0.25) is 0 Å². The SMILES string of the molecule is COc1cccc(CNC(C)CCBr)c1. The molecule has 0 aliphatic carbocycles. The van der Waals surface area contributed by atoms with Gasteiger partial charge in [0.25, 0.3) is 0 Å². The number of rotatable bonds is 6. The fraction of sp³-hybridized carbons (Fsp3) is 0.500. The van der Waals surface area contributed by atoms with E-state index in [1.165, 1.54) is 5.56 Å².